The number of aliphatic hydroxyl groups excluding tert-OH is 3. The number of carbonyl (C=O) groups is 1. The van der Waals surface area contributed by atoms with E-state index in [0.717, 1.165) is 12.8 Å². The monoisotopic (exact) mass is 457 g/mol. The van der Waals surface area contributed by atoms with Crippen LogP contribution in [0.2, 0.25) is 0 Å². The molecular weight excluding hydrogens is 429 g/mol. The first-order valence-corrected chi connectivity index (χ1v) is 11.6. The molecule has 2 rings (SSSR count). The SMILES string of the molecule is C#CCCCCNC(=O)c1ccc(O[C@H]2O[C@H](CCP(=O)(O)O)[C@@H](O)[C@H](O)[C@@H]2O)cc1. The van der Waals surface area contributed by atoms with Crippen molar-refractivity contribution in [3.8, 4) is 18.1 Å². The Morgan fingerprint density at radius 3 is 2.42 bits per heavy atom. The molecule has 1 aliphatic rings. The number of ether oxygens (including phenoxy) is 2. The van der Waals surface area contributed by atoms with Crippen LogP contribution in [0.4, 0.5) is 0 Å². The van der Waals surface area contributed by atoms with Gasteiger partial charge in [0.25, 0.3) is 5.91 Å². The molecule has 1 aromatic carbocycles. The van der Waals surface area contributed by atoms with E-state index in [0.29, 0.717) is 18.5 Å². The van der Waals surface area contributed by atoms with Gasteiger partial charge in [-0.2, -0.15) is 0 Å². The third-order valence-corrected chi connectivity index (χ3v) is 5.62. The number of unbranched alkanes of at least 4 members (excludes halogenated alkanes) is 2. The minimum atomic E-state index is -4.33. The van der Waals surface area contributed by atoms with Crippen molar-refractivity contribution < 1.29 is 43.9 Å². The first-order valence-electron chi connectivity index (χ1n) is 9.85. The smallest absolute Gasteiger partial charge is 0.325 e. The largest absolute Gasteiger partial charge is 0.462 e. The number of hydrogen-bond donors (Lipinski definition) is 6. The Balaban J connectivity index is 1.93. The van der Waals surface area contributed by atoms with Crippen LogP contribution in [0.25, 0.3) is 0 Å². The molecule has 1 amide bonds. The van der Waals surface area contributed by atoms with Gasteiger partial charge in [0.1, 0.15) is 24.1 Å². The molecule has 0 aromatic heterocycles. The van der Waals surface area contributed by atoms with Crippen LogP contribution in [0.5, 0.6) is 5.75 Å². The standard InChI is InChI=1S/C20H28NO9P/c1-2-3-4-5-11-21-19(25)13-6-8-14(9-7-13)29-20-18(24)17(23)16(22)15(30-20)10-12-31(26,27)28/h1,6-9,15-18,20,22-24H,3-5,10-12H2,(H,21,25)(H2,26,27,28)/t15-,16-,17+,18+,20+/m1/s1. The first kappa shape index (κ1) is 25.3. The van der Waals surface area contributed by atoms with E-state index in [9.17, 15) is 24.7 Å². The average Bonchev–Trinajstić information content (AvgIpc) is 2.73. The Morgan fingerprint density at radius 2 is 1.81 bits per heavy atom. The van der Waals surface area contributed by atoms with Crippen LogP contribution in [0.15, 0.2) is 24.3 Å². The number of terminal acetylenes is 1. The molecule has 0 radical (unpaired) electrons. The lowest BCUT2D eigenvalue weighted by Crippen LogP contribution is -2.59. The van der Waals surface area contributed by atoms with Crippen molar-refractivity contribution in [1.29, 1.82) is 0 Å². The Kier molecular flexibility index (Phi) is 9.47. The van der Waals surface area contributed by atoms with Gasteiger partial charge in [0.15, 0.2) is 0 Å². The zero-order valence-corrected chi connectivity index (χ0v) is 17.7. The van der Waals surface area contributed by atoms with Crippen LogP contribution >= 0.6 is 7.60 Å². The van der Waals surface area contributed by atoms with Gasteiger partial charge in [0, 0.05) is 18.5 Å². The minimum Gasteiger partial charge on any atom is -0.462 e. The highest BCUT2D eigenvalue weighted by molar-refractivity contribution is 7.51. The van der Waals surface area contributed by atoms with Gasteiger partial charge in [0.05, 0.1) is 12.3 Å². The highest BCUT2D eigenvalue weighted by Gasteiger charge is 2.45. The van der Waals surface area contributed by atoms with Crippen molar-refractivity contribution in [3.63, 3.8) is 0 Å². The number of rotatable bonds is 10. The molecule has 6 N–H and O–H groups in total. The lowest BCUT2D eigenvalue weighted by molar-refractivity contribution is -0.272. The molecule has 0 spiro atoms. The fourth-order valence-corrected chi connectivity index (χ4v) is 3.61. The van der Waals surface area contributed by atoms with E-state index < -0.39 is 44.5 Å². The van der Waals surface area contributed by atoms with E-state index in [1.807, 2.05) is 0 Å². The summed E-state index contributed by atoms with van der Waals surface area (Å²) in [6, 6.07) is 5.98. The number of nitrogens with one attached hydrogen (secondary N) is 1. The second kappa shape index (κ2) is 11.6. The van der Waals surface area contributed by atoms with E-state index in [1.165, 1.54) is 24.3 Å². The molecule has 1 saturated heterocycles. The maximum Gasteiger partial charge on any atom is 0.325 e. The van der Waals surface area contributed by atoms with E-state index in [4.69, 9.17) is 25.7 Å². The van der Waals surface area contributed by atoms with E-state index >= 15 is 0 Å². The Labute approximate surface area is 180 Å². The van der Waals surface area contributed by atoms with Gasteiger partial charge in [-0.25, -0.2) is 0 Å². The highest BCUT2D eigenvalue weighted by atomic mass is 31.2. The lowest BCUT2D eigenvalue weighted by Gasteiger charge is -2.40. The van der Waals surface area contributed by atoms with Crippen molar-refractivity contribution >= 4 is 13.5 Å². The first-order chi connectivity index (χ1) is 14.6. The summed E-state index contributed by atoms with van der Waals surface area (Å²) in [4.78, 5) is 30.1. The fourth-order valence-electron chi connectivity index (χ4n) is 3.02. The summed E-state index contributed by atoms with van der Waals surface area (Å²) in [6.45, 7) is 0.497. The molecule has 1 aliphatic heterocycles. The molecule has 1 fully saturated rings. The van der Waals surface area contributed by atoms with Gasteiger partial charge < -0.3 is 39.9 Å². The van der Waals surface area contributed by atoms with Crippen LogP contribution in [-0.2, 0) is 9.30 Å². The minimum absolute atomic E-state index is 0.229. The van der Waals surface area contributed by atoms with Crippen LogP contribution in [0.1, 0.15) is 36.0 Å². The third-order valence-electron chi connectivity index (χ3n) is 4.78. The zero-order chi connectivity index (χ0) is 23.0. The number of amides is 1. The summed E-state index contributed by atoms with van der Waals surface area (Å²) in [6.07, 6.45) is -0.649. The summed E-state index contributed by atoms with van der Waals surface area (Å²) < 4.78 is 22.0. The number of carbonyl (C=O) groups excluding carboxylic acids is 1. The van der Waals surface area contributed by atoms with Crippen molar-refractivity contribution in [2.45, 2.75) is 56.4 Å². The van der Waals surface area contributed by atoms with Gasteiger partial charge in [0.2, 0.25) is 6.29 Å². The molecule has 0 aliphatic carbocycles. The summed E-state index contributed by atoms with van der Waals surface area (Å²) in [5.74, 6) is 2.49. The van der Waals surface area contributed by atoms with Crippen molar-refractivity contribution in [1.82, 2.24) is 5.32 Å². The summed E-state index contributed by atoms with van der Waals surface area (Å²) in [7, 11) is -4.33. The predicted octanol–water partition coefficient (Wildman–Crippen LogP) is -0.0259. The molecule has 0 unspecified atom stereocenters. The molecule has 31 heavy (non-hydrogen) atoms. The average molecular weight is 457 g/mol. The van der Waals surface area contributed by atoms with E-state index in [2.05, 4.69) is 11.2 Å². The molecule has 0 saturated carbocycles. The number of hydrogen-bond acceptors (Lipinski definition) is 7. The topological polar surface area (TPSA) is 166 Å². The molecular formula is C20H28NO9P. The second-order valence-electron chi connectivity index (χ2n) is 7.25. The maximum absolute atomic E-state index is 12.1. The normalized spacial score (nSPS) is 26.1. The Morgan fingerprint density at radius 1 is 1.13 bits per heavy atom. The van der Waals surface area contributed by atoms with Gasteiger partial charge in [-0.3, -0.25) is 9.36 Å². The Hall–Kier alpha value is -1.96. The van der Waals surface area contributed by atoms with Crippen LogP contribution in [0.3, 0.4) is 0 Å². The predicted molar refractivity (Wildman–Crippen MR) is 110 cm³/mol. The number of benzene rings is 1. The number of aliphatic hydroxyl groups is 3. The molecule has 5 atom stereocenters. The summed E-state index contributed by atoms with van der Waals surface area (Å²) >= 11 is 0. The zero-order valence-electron chi connectivity index (χ0n) is 16.8. The molecule has 10 nitrogen and oxygen atoms in total. The van der Waals surface area contributed by atoms with Crippen molar-refractivity contribution in [2.24, 2.45) is 0 Å². The second-order valence-corrected chi connectivity index (χ2v) is 9.03. The van der Waals surface area contributed by atoms with Crippen LogP contribution in [-0.4, -0.2) is 74.4 Å². The van der Waals surface area contributed by atoms with Crippen LogP contribution < -0.4 is 10.1 Å². The Bertz CT molecular complexity index is 804. The molecule has 172 valence electrons. The molecule has 1 aromatic rings. The summed E-state index contributed by atoms with van der Waals surface area (Å²) in [5.41, 5.74) is 0.393. The molecule has 0 bridgehead atoms. The highest BCUT2D eigenvalue weighted by Crippen LogP contribution is 2.37. The van der Waals surface area contributed by atoms with Crippen molar-refractivity contribution in [3.05, 3.63) is 29.8 Å². The van der Waals surface area contributed by atoms with Gasteiger partial charge in [-0.05, 0) is 43.5 Å². The van der Waals surface area contributed by atoms with Crippen LogP contribution in [0, 0.1) is 12.3 Å². The van der Waals surface area contributed by atoms with Gasteiger partial charge in [-0.1, -0.05) is 0 Å². The maximum atomic E-state index is 12.1. The van der Waals surface area contributed by atoms with Gasteiger partial charge >= 0.3 is 7.60 Å². The fraction of sp³-hybridized carbons (Fsp3) is 0.550. The molecule has 11 heteroatoms. The van der Waals surface area contributed by atoms with E-state index in [1.54, 1.807) is 0 Å². The summed E-state index contributed by atoms with van der Waals surface area (Å²) in [5, 5.41) is 32.9. The molecule has 1 heterocycles. The lowest BCUT2D eigenvalue weighted by atomic mass is 9.97. The van der Waals surface area contributed by atoms with E-state index in [-0.39, 0.29) is 18.1 Å². The third kappa shape index (κ3) is 7.91. The van der Waals surface area contributed by atoms with Crippen molar-refractivity contribution in [2.75, 3.05) is 12.7 Å². The van der Waals surface area contributed by atoms with Gasteiger partial charge in [-0.15, -0.1) is 12.3 Å². The quantitative estimate of drug-likeness (QED) is 0.161.